The van der Waals surface area contributed by atoms with Gasteiger partial charge >= 0.3 is 0 Å². The molecule has 4 nitrogen and oxygen atoms in total. The largest absolute Gasteiger partial charge is 0.326 e. The van der Waals surface area contributed by atoms with E-state index < -0.39 is 0 Å². The van der Waals surface area contributed by atoms with Gasteiger partial charge in [-0.25, -0.2) is 5.90 Å². The minimum Gasteiger partial charge on any atom is -0.326 e. The highest BCUT2D eigenvalue weighted by Crippen LogP contribution is 2.25. The topological polar surface area (TPSA) is 64.3 Å². The molecular weight excluding hydrogens is 204 g/mol. The zero-order valence-corrected chi connectivity index (χ0v) is 9.91. The highest BCUT2D eigenvalue weighted by molar-refractivity contribution is 5.88. The number of carbonyl (C=O) groups is 1. The van der Waals surface area contributed by atoms with Crippen molar-refractivity contribution < 1.29 is 9.63 Å². The normalized spacial score (nSPS) is 11.2. The van der Waals surface area contributed by atoms with E-state index in [0.29, 0.717) is 6.61 Å². The summed E-state index contributed by atoms with van der Waals surface area (Å²) in [5, 5.41) is 2.75. The first kappa shape index (κ1) is 12.7. The summed E-state index contributed by atoms with van der Waals surface area (Å²) in [4.78, 5) is 15.6. The highest BCUT2D eigenvalue weighted by atomic mass is 16.6. The summed E-state index contributed by atoms with van der Waals surface area (Å²) in [5.41, 5.74) is 1.68. The van der Waals surface area contributed by atoms with Crippen LogP contribution in [0.15, 0.2) is 24.3 Å². The van der Waals surface area contributed by atoms with Crippen molar-refractivity contribution in [2.24, 2.45) is 5.90 Å². The van der Waals surface area contributed by atoms with Gasteiger partial charge in [-0.3, -0.25) is 4.79 Å². The Balaban J connectivity index is 2.93. The lowest BCUT2D eigenvalue weighted by Crippen LogP contribution is -2.26. The van der Waals surface area contributed by atoms with E-state index in [1.807, 2.05) is 38.1 Å². The van der Waals surface area contributed by atoms with E-state index in [2.05, 4.69) is 5.32 Å². The summed E-state index contributed by atoms with van der Waals surface area (Å²) in [6, 6.07) is 7.67. The van der Waals surface area contributed by atoms with Crippen molar-refractivity contribution in [1.82, 2.24) is 0 Å². The lowest BCUT2D eigenvalue weighted by molar-refractivity contribution is -0.114. The van der Waals surface area contributed by atoms with E-state index in [-0.39, 0.29) is 11.3 Å². The number of rotatable bonds is 4. The SMILES string of the molecule is CC(=O)Nc1cccc(C(C)(C)CON)c1. The van der Waals surface area contributed by atoms with Gasteiger partial charge in [0.05, 0.1) is 6.61 Å². The zero-order chi connectivity index (χ0) is 12.2. The summed E-state index contributed by atoms with van der Waals surface area (Å²) >= 11 is 0. The molecule has 1 aromatic rings. The molecule has 0 saturated heterocycles. The number of amides is 1. The molecule has 1 amide bonds. The highest BCUT2D eigenvalue weighted by Gasteiger charge is 2.20. The average molecular weight is 222 g/mol. The second-order valence-corrected chi connectivity index (χ2v) is 4.46. The summed E-state index contributed by atoms with van der Waals surface area (Å²) in [6.07, 6.45) is 0. The molecule has 0 atom stereocenters. The van der Waals surface area contributed by atoms with Crippen LogP contribution >= 0.6 is 0 Å². The quantitative estimate of drug-likeness (QED) is 0.764. The fourth-order valence-electron chi connectivity index (χ4n) is 1.51. The molecule has 16 heavy (non-hydrogen) atoms. The maximum absolute atomic E-state index is 10.9. The summed E-state index contributed by atoms with van der Waals surface area (Å²) < 4.78 is 0. The average Bonchev–Trinajstić information content (AvgIpc) is 2.17. The zero-order valence-electron chi connectivity index (χ0n) is 9.91. The van der Waals surface area contributed by atoms with Crippen molar-refractivity contribution in [3.05, 3.63) is 29.8 Å². The van der Waals surface area contributed by atoms with E-state index >= 15 is 0 Å². The molecule has 0 spiro atoms. The Bertz CT molecular complexity index is 375. The second kappa shape index (κ2) is 5.09. The second-order valence-electron chi connectivity index (χ2n) is 4.46. The molecule has 0 aliphatic rings. The summed E-state index contributed by atoms with van der Waals surface area (Å²) in [5.74, 6) is 5.02. The van der Waals surface area contributed by atoms with Crippen LogP contribution in [0.3, 0.4) is 0 Å². The van der Waals surface area contributed by atoms with E-state index in [1.54, 1.807) is 0 Å². The molecule has 0 aliphatic heterocycles. The number of benzene rings is 1. The standard InChI is InChI=1S/C12H18N2O2/c1-9(15)14-11-6-4-5-10(7-11)12(2,3)8-16-13/h4-7H,8,13H2,1-3H3,(H,14,15). The van der Waals surface area contributed by atoms with Crippen LogP contribution in [0.5, 0.6) is 0 Å². The summed E-state index contributed by atoms with van der Waals surface area (Å²) in [7, 11) is 0. The van der Waals surface area contributed by atoms with Gasteiger partial charge in [-0.15, -0.1) is 0 Å². The molecule has 0 radical (unpaired) electrons. The minimum atomic E-state index is -0.177. The van der Waals surface area contributed by atoms with E-state index in [1.165, 1.54) is 6.92 Å². The van der Waals surface area contributed by atoms with Gasteiger partial charge in [0.25, 0.3) is 0 Å². The number of hydrogen-bond donors (Lipinski definition) is 2. The van der Waals surface area contributed by atoms with Crippen molar-refractivity contribution in [2.45, 2.75) is 26.2 Å². The minimum absolute atomic E-state index is 0.0787. The lowest BCUT2D eigenvalue weighted by Gasteiger charge is -2.24. The van der Waals surface area contributed by atoms with Crippen molar-refractivity contribution >= 4 is 11.6 Å². The Hall–Kier alpha value is -1.39. The van der Waals surface area contributed by atoms with Crippen molar-refractivity contribution in [3.63, 3.8) is 0 Å². The molecule has 1 rings (SSSR count). The fourth-order valence-corrected chi connectivity index (χ4v) is 1.51. The predicted octanol–water partition coefficient (Wildman–Crippen LogP) is 1.81. The molecule has 4 heteroatoms. The first-order valence-corrected chi connectivity index (χ1v) is 5.15. The van der Waals surface area contributed by atoms with Crippen LogP contribution in [0.1, 0.15) is 26.3 Å². The summed E-state index contributed by atoms with van der Waals surface area (Å²) in [6.45, 7) is 5.98. The third-order valence-corrected chi connectivity index (χ3v) is 2.41. The molecule has 3 N–H and O–H groups in total. The maximum Gasteiger partial charge on any atom is 0.221 e. The molecule has 0 heterocycles. The van der Waals surface area contributed by atoms with Crippen LogP contribution < -0.4 is 11.2 Å². The van der Waals surface area contributed by atoms with E-state index in [0.717, 1.165) is 11.3 Å². The molecular formula is C12H18N2O2. The predicted molar refractivity (Wildman–Crippen MR) is 63.9 cm³/mol. The van der Waals surface area contributed by atoms with Crippen LogP contribution in [0, 0.1) is 0 Å². The molecule has 0 bridgehead atoms. The van der Waals surface area contributed by atoms with Crippen molar-refractivity contribution in [1.29, 1.82) is 0 Å². The molecule has 0 aromatic heterocycles. The molecule has 0 saturated carbocycles. The van der Waals surface area contributed by atoms with Crippen LogP contribution in [0.4, 0.5) is 5.69 Å². The lowest BCUT2D eigenvalue weighted by atomic mass is 9.85. The van der Waals surface area contributed by atoms with Gasteiger partial charge in [0, 0.05) is 18.0 Å². The Kier molecular flexibility index (Phi) is 4.04. The number of nitrogens with two attached hydrogens (primary N) is 1. The molecule has 0 aliphatic carbocycles. The van der Waals surface area contributed by atoms with Crippen molar-refractivity contribution in [3.8, 4) is 0 Å². The van der Waals surface area contributed by atoms with Crippen LogP contribution in [-0.4, -0.2) is 12.5 Å². The van der Waals surface area contributed by atoms with Gasteiger partial charge in [0.1, 0.15) is 0 Å². The van der Waals surface area contributed by atoms with Gasteiger partial charge in [-0.05, 0) is 17.7 Å². The van der Waals surface area contributed by atoms with Crippen LogP contribution in [-0.2, 0) is 15.0 Å². The van der Waals surface area contributed by atoms with Crippen LogP contribution in [0.2, 0.25) is 0 Å². The number of nitrogens with one attached hydrogen (secondary N) is 1. The van der Waals surface area contributed by atoms with Gasteiger partial charge in [0.2, 0.25) is 5.91 Å². The Labute approximate surface area is 95.7 Å². The Morgan fingerprint density at radius 1 is 1.50 bits per heavy atom. The number of carbonyl (C=O) groups excluding carboxylic acids is 1. The number of hydrogen-bond acceptors (Lipinski definition) is 3. The Morgan fingerprint density at radius 3 is 2.75 bits per heavy atom. The Morgan fingerprint density at radius 2 is 2.19 bits per heavy atom. The first-order valence-electron chi connectivity index (χ1n) is 5.15. The van der Waals surface area contributed by atoms with E-state index in [9.17, 15) is 4.79 Å². The van der Waals surface area contributed by atoms with E-state index in [4.69, 9.17) is 10.7 Å². The van der Waals surface area contributed by atoms with Gasteiger partial charge in [0.15, 0.2) is 0 Å². The molecule has 1 aromatic carbocycles. The van der Waals surface area contributed by atoms with Gasteiger partial charge < -0.3 is 10.2 Å². The third kappa shape index (κ3) is 3.32. The number of anilines is 1. The molecule has 0 fully saturated rings. The van der Waals surface area contributed by atoms with Crippen molar-refractivity contribution in [2.75, 3.05) is 11.9 Å². The fraction of sp³-hybridized carbons (Fsp3) is 0.417. The third-order valence-electron chi connectivity index (χ3n) is 2.41. The van der Waals surface area contributed by atoms with Crippen LogP contribution in [0.25, 0.3) is 0 Å². The first-order chi connectivity index (χ1) is 7.45. The van der Waals surface area contributed by atoms with Gasteiger partial charge in [-0.2, -0.15) is 0 Å². The maximum atomic E-state index is 10.9. The molecule has 88 valence electrons. The van der Waals surface area contributed by atoms with Gasteiger partial charge in [-0.1, -0.05) is 26.0 Å². The molecule has 0 unspecified atom stereocenters. The monoisotopic (exact) mass is 222 g/mol. The smallest absolute Gasteiger partial charge is 0.221 e.